The summed E-state index contributed by atoms with van der Waals surface area (Å²) in [7, 11) is -2.70. The van der Waals surface area contributed by atoms with Crippen molar-refractivity contribution in [2.24, 2.45) is 5.14 Å². The van der Waals surface area contributed by atoms with Gasteiger partial charge in [0.2, 0.25) is 16.0 Å². The fourth-order valence-electron chi connectivity index (χ4n) is 3.73. The highest BCUT2D eigenvalue weighted by Crippen LogP contribution is 2.29. The maximum Gasteiger partial charge on any atom is 0.396 e. The first-order chi connectivity index (χ1) is 18.0. The normalized spacial score (nSPS) is 13.0. The van der Waals surface area contributed by atoms with Crippen LogP contribution < -0.4 is 15.8 Å². The number of esters is 1. The van der Waals surface area contributed by atoms with Crippen LogP contribution in [0.15, 0.2) is 29.2 Å². The number of carbonyl (C=O) groups excluding carboxylic acids is 2. The van der Waals surface area contributed by atoms with Gasteiger partial charge in [0.25, 0.3) is 0 Å². The second kappa shape index (κ2) is 10.7. The zero-order valence-electron chi connectivity index (χ0n) is 20.2. The molecule has 0 saturated carbocycles. The summed E-state index contributed by atoms with van der Waals surface area (Å²) in [4.78, 5) is 50.2. The third-order valence-electron chi connectivity index (χ3n) is 5.63. The molecule has 38 heavy (non-hydrogen) atoms. The van der Waals surface area contributed by atoms with Crippen LogP contribution in [0, 0.1) is 6.92 Å². The van der Waals surface area contributed by atoms with Gasteiger partial charge in [-0.2, -0.15) is 4.98 Å². The zero-order valence-corrected chi connectivity index (χ0v) is 21.9. The number of nitrogens with zero attached hydrogens (tertiary/aromatic N) is 4. The standard InChI is InChI=1S/C22H23N7O7S2/c1-11-16(19(31)32)37-22(25-11)28-21-26-15-7-8-29(18(30)20(33)36-2)10-14(15)17(27-21)24-9-12-3-5-13(6-4-12)38(23,34)35/h3-6H,7-10H2,1-2H3,(H,31,32)(H2,23,34,35)(H2,24,25,26,27,28). The Morgan fingerprint density at radius 3 is 2.50 bits per heavy atom. The number of thiazole rings is 1. The summed E-state index contributed by atoms with van der Waals surface area (Å²) in [5, 5.41) is 20.9. The smallest absolute Gasteiger partial charge is 0.396 e. The van der Waals surface area contributed by atoms with Crippen molar-refractivity contribution < 1.29 is 32.6 Å². The summed E-state index contributed by atoms with van der Waals surface area (Å²) in [6.45, 7) is 2.10. The molecule has 3 aromatic rings. The van der Waals surface area contributed by atoms with E-state index in [1.54, 1.807) is 19.1 Å². The number of ether oxygens (including phenoxy) is 1. The molecule has 4 rings (SSSR count). The van der Waals surface area contributed by atoms with Crippen LogP contribution in [0.5, 0.6) is 0 Å². The van der Waals surface area contributed by atoms with E-state index in [0.29, 0.717) is 34.3 Å². The summed E-state index contributed by atoms with van der Waals surface area (Å²) in [5.74, 6) is -2.34. The number of primary sulfonamides is 1. The second-order valence-corrected chi connectivity index (χ2v) is 10.8. The van der Waals surface area contributed by atoms with Crippen LogP contribution in [-0.4, -0.2) is 64.9 Å². The van der Waals surface area contributed by atoms with Gasteiger partial charge in [0.05, 0.1) is 29.9 Å². The molecule has 14 nitrogen and oxygen atoms in total. The number of sulfonamides is 1. The van der Waals surface area contributed by atoms with Crippen molar-refractivity contribution in [1.82, 2.24) is 19.9 Å². The summed E-state index contributed by atoms with van der Waals surface area (Å²) < 4.78 is 27.6. The molecule has 0 atom stereocenters. The van der Waals surface area contributed by atoms with Gasteiger partial charge in [-0.25, -0.2) is 33.1 Å². The predicted molar refractivity (Wildman–Crippen MR) is 135 cm³/mol. The largest absolute Gasteiger partial charge is 0.477 e. The number of hydrogen-bond donors (Lipinski definition) is 4. The Morgan fingerprint density at radius 2 is 1.89 bits per heavy atom. The van der Waals surface area contributed by atoms with Gasteiger partial charge in [-0.3, -0.25) is 10.1 Å². The summed E-state index contributed by atoms with van der Waals surface area (Å²) >= 11 is 0.943. The molecule has 1 aromatic carbocycles. The molecular formula is C22H23N7O7S2. The fourth-order valence-corrected chi connectivity index (χ4v) is 5.05. The first-order valence-electron chi connectivity index (χ1n) is 11.1. The molecule has 0 unspecified atom stereocenters. The number of anilines is 3. The number of rotatable bonds is 7. The van der Waals surface area contributed by atoms with Crippen LogP contribution >= 0.6 is 11.3 Å². The molecule has 0 fully saturated rings. The highest BCUT2D eigenvalue weighted by molar-refractivity contribution is 7.89. The van der Waals surface area contributed by atoms with Crippen molar-refractivity contribution in [2.45, 2.75) is 31.3 Å². The number of carboxylic acid groups (broad SMARTS) is 1. The van der Waals surface area contributed by atoms with Crippen molar-refractivity contribution in [1.29, 1.82) is 0 Å². The van der Waals surface area contributed by atoms with E-state index >= 15 is 0 Å². The van der Waals surface area contributed by atoms with Crippen LogP contribution in [0.3, 0.4) is 0 Å². The number of nitrogens with one attached hydrogen (secondary N) is 2. The fraction of sp³-hybridized carbons (Fsp3) is 0.273. The molecule has 0 bridgehead atoms. The van der Waals surface area contributed by atoms with Gasteiger partial charge >= 0.3 is 17.8 Å². The van der Waals surface area contributed by atoms with Crippen molar-refractivity contribution >= 4 is 56.1 Å². The molecule has 2 aromatic heterocycles. The zero-order chi connectivity index (χ0) is 27.6. The maximum absolute atomic E-state index is 12.4. The minimum absolute atomic E-state index is 0.0245. The van der Waals surface area contributed by atoms with Crippen molar-refractivity contribution in [3.05, 3.63) is 51.7 Å². The van der Waals surface area contributed by atoms with Crippen LogP contribution in [-0.2, 0) is 43.9 Å². The summed E-state index contributed by atoms with van der Waals surface area (Å²) in [6, 6.07) is 5.96. The number of benzene rings is 1. The molecule has 0 aliphatic carbocycles. The molecule has 0 saturated heterocycles. The highest BCUT2D eigenvalue weighted by atomic mass is 32.2. The lowest BCUT2D eigenvalue weighted by atomic mass is 10.1. The van der Waals surface area contributed by atoms with Gasteiger partial charge in [-0.05, 0) is 24.6 Å². The average molecular weight is 562 g/mol. The predicted octanol–water partition coefficient (Wildman–Crippen LogP) is 1.00. The van der Waals surface area contributed by atoms with Crippen molar-refractivity contribution in [3.63, 3.8) is 0 Å². The highest BCUT2D eigenvalue weighted by Gasteiger charge is 2.30. The van der Waals surface area contributed by atoms with Gasteiger partial charge < -0.3 is 20.1 Å². The van der Waals surface area contributed by atoms with E-state index in [0.717, 1.165) is 24.0 Å². The van der Waals surface area contributed by atoms with Gasteiger partial charge in [-0.15, -0.1) is 0 Å². The number of aromatic carboxylic acids is 1. The maximum atomic E-state index is 12.4. The minimum Gasteiger partial charge on any atom is -0.477 e. The van der Waals surface area contributed by atoms with Crippen LogP contribution in [0.4, 0.5) is 16.9 Å². The number of amides is 1. The molecule has 200 valence electrons. The second-order valence-electron chi connectivity index (χ2n) is 8.20. The molecule has 0 spiro atoms. The van der Waals surface area contributed by atoms with E-state index in [2.05, 4.69) is 30.3 Å². The van der Waals surface area contributed by atoms with E-state index < -0.39 is 27.9 Å². The molecule has 3 heterocycles. The lowest BCUT2D eigenvalue weighted by Crippen LogP contribution is -2.41. The van der Waals surface area contributed by atoms with Gasteiger partial charge in [-0.1, -0.05) is 23.5 Å². The van der Waals surface area contributed by atoms with Crippen molar-refractivity contribution in [3.8, 4) is 0 Å². The lowest BCUT2D eigenvalue weighted by Gasteiger charge is -2.29. The summed E-state index contributed by atoms with van der Waals surface area (Å²) in [6.07, 6.45) is 0.324. The van der Waals surface area contributed by atoms with Crippen LogP contribution in [0.1, 0.15) is 32.2 Å². The van der Waals surface area contributed by atoms with Gasteiger partial charge in [0.15, 0.2) is 5.13 Å². The van der Waals surface area contributed by atoms with E-state index in [1.165, 1.54) is 17.0 Å². The Kier molecular flexibility index (Phi) is 7.56. The minimum atomic E-state index is -3.83. The monoisotopic (exact) mass is 561 g/mol. The number of hydrogen-bond acceptors (Lipinski definition) is 12. The lowest BCUT2D eigenvalue weighted by molar-refractivity contribution is -0.158. The topological polar surface area (TPSA) is 207 Å². The number of nitrogens with two attached hydrogens (primary N) is 1. The Morgan fingerprint density at radius 1 is 1.18 bits per heavy atom. The van der Waals surface area contributed by atoms with Gasteiger partial charge in [0, 0.05) is 25.1 Å². The van der Waals surface area contributed by atoms with Crippen LogP contribution in [0.2, 0.25) is 0 Å². The number of carboxylic acids is 1. The molecule has 1 aliphatic rings. The Labute approximate surface area is 220 Å². The number of carbonyl (C=O) groups is 3. The number of aryl methyl sites for hydroxylation is 1. The molecule has 16 heteroatoms. The first-order valence-corrected chi connectivity index (χ1v) is 13.4. The molecule has 5 N–H and O–H groups in total. The van der Waals surface area contributed by atoms with E-state index in [-0.39, 0.29) is 35.4 Å². The molecule has 1 aliphatic heterocycles. The van der Waals surface area contributed by atoms with Crippen LogP contribution in [0.25, 0.3) is 0 Å². The SMILES string of the molecule is COC(=O)C(=O)N1CCc2nc(Nc3nc(C)c(C(=O)O)s3)nc(NCc3ccc(S(N)(=O)=O)cc3)c2C1. The third-order valence-corrected chi connectivity index (χ3v) is 7.62. The molecule has 0 radical (unpaired) electrons. The first kappa shape index (κ1) is 26.9. The molecule has 1 amide bonds. The van der Waals surface area contributed by atoms with Crippen molar-refractivity contribution in [2.75, 3.05) is 24.3 Å². The number of aromatic nitrogens is 3. The Balaban J connectivity index is 1.64. The average Bonchev–Trinajstić information content (AvgIpc) is 3.25. The Hall–Kier alpha value is -4.15. The quantitative estimate of drug-likeness (QED) is 0.235. The Bertz CT molecular complexity index is 1520. The van der Waals surface area contributed by atoms with E-state index in [4.69, 9.17) is 5.14 Å². The van der Waals surface area contributed by atoms with E-state index in [9.17, 15) is 27.9 Å². The number of methoxy groups -OCH3 is 1. The van der Waals surface area contributed by atoms with Gasteiger partial charge in [0.1, 0.15) is 10.7 Å². The number of fused-ring (bicyclic) bond motifs is 1. The third kappa shape index (κ3) is 5.87. The summed E-state index contributed by atoms with van der Waals surface area (Å²) in [5.41, 5.74) is 2.28. The van der Waals surface area contributed by atoms with E-state index in [1.807, 2.05) is 0 Å². The molecular weight excluding hydrogens is 538 g/mol.